The van der Waals surface area contributed by atoms with Crippen LogP contribution in [0.4, 0.5) is 0 Å². The predicted molar refractivity (Wildman–Crippen MR) is 61.7 cm³/mol. The highest BCUT2D eigenvalue weighted by atomic mass is 35.5. The second-order valence-corrected chi connectivity index (χ2v) is 4.98. The van der Waals surface area contributed by atoms with Crippen LogP contribution in [-0.2, 0) is 6.54 Å². The molecule has 1 aliphatic rings. The number of hydrogen-bond acceptors (Lipinski definition) is 2. The van der Waals surface area contributed by atoms with E-state index in [1.807, 2.05) is 18.2 Å². The van der Waals surface area contributed by atoms with Crippen LogP contribution < -0.4 is 0 Å². The standard InChI is InChI=1S/C12H16ClNO/c1-8(2)6-14-7-9-3-4-10(13)5-11(9)12(14)15/h3-5,8,12,15H,6-7H2,1-2H3. The van der Waals surface area contributed by atoms with Crippen LogP contribution in [-0.4, -0.2) is 16.6 Å². The number of hydrogen-bond donors (Lipinski definition) is 1. The van der Waals surface area contributed by atoms with Gasteiger partial charge in [0, 0.05) is 23.7 Å². The zero-order valence-electron chi connectivity index (χ0n) is 9.07. The first-order chi connectivity index (χ1) is 7.08. The third-order valence-electron chi connectivity index (χ3n) is 2.71. The van der Waals surface area contributed by atoms with E-state index < -0.39 is 6.23 Å². The predicted octanol–water partition coefficient (Wildman–Crippen LogP) is 2.80. The summed E-state index contributed by atoms with van der Waals surface area (Å²) in [5.74, 6) is 0.560. The molecular formula is C12H16ClNO. The lowest BCUT2D eigenvalue weighted by atomic mass is 10.1. The first-order valence-electron chi connectivity index (χ1n) is 5.28. The SMILES string of the molecule is CC(C)CN1Cc2ccc(Cl)cc2C1O. The molecule has 1 aromatic carbocycles. The van der Waals surface area contributed by atoms with Gasteiger partial charge in [-0.2, -0.15) is 0 Å². The Morgan fingerprint density at radius 3 is 2.93 bits per heavy atom. The van der Waals surface area contributed by atoms with Crippen LogP contribution in [0.25, 0.3) is 0 Å². The summed E-state index contributed by atoms with van der Waals surface area (Å²) < 4.78 is 0. The van der Waals surface area contributed by atoms with Gasteiger partial charge in [-0.15, -0.1) is 0 Å². The van der Waals surface area contributed by atoms with E-state index in [2.05, 4.69) is 18.7 Å². The topological polar surface area (TPSA) is 23.5 Å². The third-order valence-corrected chi connectivity index (χ3v) is 2.94. The molecule has 1 aliphatic heterocycles. The zero-order valence-corrected chi connectivity index (χ0v) is 9.83. The van der Waals surface area contributed by atoms with E-state index >= 15 is 0 Å². The molecule has 0 saturated heterocycles. The molecule has 0 radical (unpaired) electrons. The smallest absolute Gasteiger partial charge is 0.134 e. The van der Waals surface area contributed by atoms with Crippen molar-refractivity contribution >= 4 is 11.6 Å². The largest absolute Gasteiger partial charge is 0.374 e. The van der Waals surface area contributed by atoms with Gasteiger partial charge in [-0.25, -0.2) is 0 Å². The fourth-order valence-corrected chi connectivity index (χ4v) is 2.27. The Morgan fingerprint density at radius 1 is 1.53 bits per heavy atom. The molecule has 1 heterocycles. The van der Waals surface area contributed by atoms with Crippen LogP contribution in [0.1, 0.15) is 31.2 Å². The average molecular weight is 226 g/mol. The molecule has 0 aliphatic carbocycles. The average Bonchev–Trinajstić information content (AvgIpc) is 2.44. The van der Waals surface area contributed by atoms with Gasteiger partial charge in [-0.3, -0.25) is 4.90 Å². The minimum Gasteiger partial charge on any atom is -0.374 e. The minimum absolute atomic E-state index is 0.485. The summed E-state index contributed by atoms with van der Waals surface area (Å²) in [7, 11) is 0. The summed E-state index contributed by atoms with van der Waals surface area (Å²) in [6.07, 6.45) is -0.485. The number of benzene rings is 1. The molecule has 2 rings (SSSR count). The van der Waals surface area contributed by atoms with Gasteiger partial charge >= 0.3 is 0 Å². The van der Waals surface area contributed by atoms with E-state index in [0.29, 0.717) is 10.9 Å². The lowest BCUT2D eigenvalue weighted by Crippen LogP contribution is -2.26. The Kier molecular flexibility index (Phi) is 3.01. The number of aliphatic hydroxyl groups excluding tert-OH is 1. The fourth-order valence-electron chi connectivity index (χ4n) is 2.09. The van der Waals surface area contributed by atoms with Crippen LogP contribution in [0.5, 0.6) is 0 Å². The zero-order chi connectivity index (χ0) is 11.0. The molecule has 1 atom stereocenters. The summed E-state index contributed by atoms with van der Waals surface area (Å²) in [6, 6.07) is 5.75. The van der Waals surface area contributed by atoms with E-state index in [1.165, 1.54) is 5.56 Å². The Balaban J connectivity index is 2.22. The van der Waals surface area contributed by atoms with Crippen LogP contribution >= 0.6 is 11.6 Å². The van der Waals surface area contributed by atoms with E-state index in [1.54, 1.807) is 0 Å². The van der Waals surface area contributed by atoms with Crippen molar-refractivity contribution in [2.45, 2.75) is 26.6 Å². The van der Waals surface area contributed by atoms with Crippen LogP contribution in [0.2, 0.25) is 5.02 Å². The van der Waals surface area contributed by atoms with Gasteiger partial charge in [0.05, 0.1) is 0 Å². The monoisotopic (exact) mass is 225 g/mol. The number of rotatable bonds is 2. The molecular weight excluding hydrogens is 210 g/mol. The van der Waals surface area contributed by atoms with Crippen molar-refractivity contribution < 1.29 is 5.11 Å². The highest BCUT2D eigenvalue weighted by Crippen LogP contribution is 2.33. The Hall–Kier alpha value is -0.570. The Bertz CT molecular complexity index is 365. The number of aliphatic hydroxyl groups is 1. The lowest BCUT2D eigenvalue weighted by Gasteiger charge is -2.22. The summed E-state index contributed by atoms with van der Waals surface area (Å²) >= 11 is 5.91. The first-order valence-corrected chi connectivity index (χ1v) is 5.66. The van der Waals surface area contributed by atoms with E-state index in [-0.39, 0.29) is 0 Å². The summed E-state index contributed by atoms with van der Waals surface area (Å²) in [4.78, 5) is 2.08. The van der Waals surface area contributed by atoms with Crippen molar-refractivity contribution in [2.24, 2.45) is 5.92 Å². The number of nitrogens with zero attached hydrogens (tertiary/aromatic N) is 1. The lowest BCUT2D eigenvalue weighted by molar-refractivity contribution is 0.00626. The summed E-state index contributed by atoms with van der Waals surface area (Å²) in [5.41, 5.74) is 2.15. The quantitative estimate of drug-likeness (QED) is 0.837. The van der Waals surface area contributed by atoms with Crippen LogP contribution in [0, 0.1) is 5.92 Å². The molecule has 0 spiro atoms. The van der Waals surface area contributed by atoms with Crippen LogP contribution in [0.3, 0.4) is 0 Å². The van der Waals surface area contributed by atoms with Gasteiger partial charge in [0.15, 0.2) is 0 Å². The van der Waals surface area contributed by atoms with Crippen molar-refractivity contribution in [2.75, 3.05) is 6.54 Å². The van der Waals surface area contributed by atoms with E-state index in [9.17, 15) is 5.11 Å². The van der Waals surface area contributed by atoms with Crippen molar-refractivity contribution in [1.29, 1.82) is 0 Å². The summed E-state index contributed by atoms with van der Waals surface area (Å²) in [5, 5.41) is 10.8. The molecule has 0 saturated carbocycles. The normalized spacial score (nSPS) is 21.0. The third kappa shape index (κ3) is 2.17. The highest BCUT2D eigenvalue weighted by Gasteiger charge is 2.28. The molecule has 0 bridgehead atoms. The molecule has 3 heteroatoms. The van der Waals surface area contributed by atoms with Gasteiger partial charge < -0.3 is 5.11 Å². The molecule has 0 fully saturated rings. The van der Waals surface area contributed by atoms with Crippen molar-refractivity contribution in [3.8, 4) is 0 Å². The van der Waals surface area contributed by atoms with Gasteiger partial charge in [-0.05, 0) is 23.6 Å². The fraction of sp³-hybridized carbons (Fsp3) is 0.500. The second kappa shape index (κ2) is 4.12. The van der Waals surface area contributed by atoms with Gasteiger partial charge in [0.25, 0.3) is 0 Å². The van der Waals surface area contributed by atoms with E-state index in [4.69, 9.17) is 11.6 Å². The van der Waals surface area contributed by atoms with E-state index in [0.717, 1.165) is 18.7 Å². The molecule has 1 aromatic rings. The molecule has 0 aromatic heterocycles. The van der Waals surface area contributed by atoms with Gasteiger partial charge in [0.1, 0.15) is 6.23 Å². The van der Waals surface area contributed by atoms with Crippen molar-refractivity contribution in [3.63, 3.8) is 0 Å². The summed E-state index contributed by atoms with van der Waals surface area (Å²) in [6.45, 7) is 6.05. The maximum absolute atomic E-state index is 10.1. The molecule has 82 valence electrons. The molecule has 2 nitrogen and oxygen atoms in total. The van der Waals surface area contributed by atoms with Crippen LogP contribution in [0.15, 0.2) is 18.2 Å². The number of fused-ring (bicyclic) bond motifs is 1. The molecule has 15 heavy (non-hydrogen) atoms. The van der Waals surface area contributed by atoms with Crippen molar-refractivity contribution in [1.82, 2.24) is 4.90 Å². The first kappa shape index (κ1) is 10.9. The molecule has 1 unspecified atom stereocenters. The molecule has 0 amide bonds. The second-order valence-electron chi connectivity index (χ2n) is 4.54. The highest BCUT2D eigenvalue weighted by molar-refractivity contribution is 6.30. The van der Waals surface area contributed by atoms with Gasteiger partial charge in [0.2, 0.25) is 0 Å². The maximum atomic E-state index is 10.1. The Labute approximate surface area is 95.5 Å². The number of halogens is 1. The Morgan fingerprint density at radius 2 is 2.27 bits per heavy atom. The maximum Gasteiger partial charge on any atom is 0.134 e. The molecule has 1 N–H and O–H groups in total. The van der Waals surface area contributed by atoms with Gasteiger partial charge in [-0.1, -0.05) is 31.5 Å². The van der Waals surface area contributed by atoms with Crippen molar-refractivity contribution in [3.05, 3.63) is 34.3 Å². The minimum atomic E-state index is -0.485.